The van der Waals surface area contributed by atoms with Gasteiger partial charge in [0, 0.05) is 40.4 Å². The van der Waals surface area contributed by atoms with Gasteiger partial charge in [-0.05, 0) is 80.1 Å². The molecular formula is C38H36F2N4O. The number of aromatic nitrogens is 4. The van der Waals surface area contributed by atoms with E-state index in [4.69, 9.17) is 14.8 Å². The van der Waals surface area contributed by atoms with E-state index in [-0.39, 0.29) is 0 Å². The van der Waals surface area contributed by atoms with Crippen molar-refractivity contribution in [2.75, 3.05) is 0 Å². The molecule has 0 radical (unpaired) electrons. The monoisotopic (exact) mass is 602 g/mol. The van der Waals surface area contributed by atoms with Crippen LogP contribution in [0.1, 0.15) is 68.0 Å². The standard InChI is InChI=1S/C38H36F2N4O/c1-5-33-37(38-31(39)13-9-14-32(38)40)24(4)42-44(33)26-10-8-11-27(21-26)45-28-16-17-30-29-12-6-7-15-34(29)43(35(30)22-28)36-20-25(23(2)3)18-19-41-36/h6-8,10-13,15-23,32,38H,5,9,14H2,1-4H3/t32-,38?/m0/s1. The minimum absolute atomic E-state index is 0.317. The highest BCUT2D eigenvalue weighted by atomic mass is 19.1. The first kappa shape index (κ1) is 29.0. The van der Waals surface area contributed by atoms with Gasteiger partial charge >= 0.3 is 0 Å². The lowest BCUT2D eigenvalue weighted by molar-refractivity contribution is 0.251. The van der Waals surface area contributed by atoms with Gasteiger partial charge in [0.05, 0.1) is 28.3 Å². The van der Waals surface area contributed by atoms with Crippen molar-refractivity contribution in [1.82, 2.24) is 19.3 Å². The smallest absolute Gasteiger partial charge is 0.137 e. The number of fused-ring (bicyclic) bond motifs is 3. The first-order valence-electron chi connectivity index (χ1n) is 15.7. The normalized spacial score (nSPS) is 16.9. The zero-order valence-electron chi connectivity index (χ0n) is 26.0. The summed E-state index contributed by atoms with van der Waals surface area (Å²) < 4.78 is 40.4. The summed E-state index contributed by atoms with van der Waals surface area (Å²) in [5, 5.41) is 7.03. The average Bonchev–Trinajstić information content (AvgIpc) is 3.55. The van der Waals surface area contributed by atoms with E-state index in [1.54, 1.807) is 4.68 Å². The SMILES string of the molecule is CCc1c(C2C(F)=CCC[C@@H]2F)c(C)nn1-c1cccc(Oc2ccc3c4ccccc4n(-c4cc(C(C)C)ccn4)c3c2)c1. The molecule has 3 aromatic heterocycles. The number of hydrogen-bond acceptors (Lipinski definition) is 3. The fourth-order valence-electron chi connectivity index (χ4n) is 6.70. The molecule has 45 heavy (non-hydrogen) atoms. The van der Waals surface area contributed by atoms with Crippen LogP contribution in [-0.2, 0) is 6.42 Å². The number of halogens is 2. The summed E-state index contributed by atoms with van der Waals surface area (Å²) in [5.41, 5.74) is 6.19. The Kier molecular flexibility index (Phi) is 7.48. The van der Waals surface area contributed by atoms with Crippen molar-refractivity contribution < 1.29 is 13.5 Å². The number of nitrogens with zero attached hydrogens (tertiary/aromatic N) is 4. The van der Waals surface area contributed by atoms with Gasteiger partial charge in [-0.2, -0.15) is 5.10 Å². The molecule has 0 N–H and O–H groups in total. The molecule has 1 aliphatic carbocycles. The van der Waals surface area contributed by atoms with Crippen molar-refractivity contribution >= 4 is 21.8 Å². The maximum Gasteiger partial charge on any atom is 0.137 e. The molecular weight excluding hydrogens is 566 g/mol. The second kappa shape index (κ2) is 11.6. The predicted octanol–water partition coefficient (Wildman–Crippen LogP) is 10.2. The summed E-state index contributed by atoms with van der Waals surface area (Å²) in [7, 11) is 0. The maximum atomic E-state index is 15.0. The molecule has 3 heterocycles. The highest BCUT2D eigenvalue weighted by molar-refractivity contribution is 6.09. The van der Waals surface area contributed by atoms with Gasteiger partial charge in [-0.3, -0.25) is 4.57 Å². The van der Waals surface area contributed by atoms with Gasteiger partial charge in [0.25, 0.3) is 0 Å². The van der Waals surface area contributed by atoms with E-state index < -0.39 is 17.9 Å². The van der Waals surface area contributed by atoms with Crippen LogP contribution in [0.3, 0.4) is 0 Å². The lowest BCUT2D eigenvalue weighted by Gasteiger charge is -2.24. The second-order valence-corrected chi connectivity index (χ2v) is 12.1. The van der Waals surface area contributed by atoms with E-state index in [1.807, 2.05) is 56.4 Å². The first-order valence-corrected chi connectivity index (χ1v) is 15.7. The van der Waals surface area contributed by atoms with Crippen LogP contribution in [0.4, 0.5) is 8.78 Å². The van der Waals surface area contributed by atoms with Crippen molar-refractivity contribution in [2.24, 2.45) is 0 Å². The lowest BCUT2D eigenvalue weighted by atomic mass is 9.85. The van der Waals surface area contributed by atoms with Crippen LogP contribution in [0.15, 0.2) is 97.0 Å². The van der Waals surface area contributed by atoms with Gasteiger partial charge in [0.1, 0.15) is 29.3 Å². The zero-order valence-corrected chi connectivity index (χ0v) is 26.0. The number of hydrogen-bond donors (Lipinski definition) is 0. The van der Waals surface area contributed by atoms with Gasteiger partial charge in [-0.1, -0.05) is 51.1 Å². The van der Waals surface area contributed by atoms with Gasteiger partial charge in [0.2, 0.25) is 0 Å². The summed E-state index contributed by atoms with van der Waals surface area (Å²) in [4.78, 5) is 4.75. The van der Waals surface area contributed by atoms with Crippen LogP contribution in [0, 0.1) is 6.92 Å². The highest BCUT2D eigenvalue weighted by Gasteiger charge is 2.35. The molecule has 1 aliphatic rings. The number of rotatable bonds is 7. The number of allylic oxidation sites excluding steroid dienone is 2. The second-order valence-electron chi connectivity index (χ2n) is 12.1. The Morgan fingerprint density at radius 1 is 0.933 bits per heavy atom. The molecule has 5 nitrogen and oxygen atoms in total. The number of ether oxygens (including phenoxy) is 1. The lowest BCUT2D eigenvalue weighted by Crippen LogP contribution is -2.20. The van der Waals surface area contributed by atoms with Gasteiger partial charge in [0.15, 0.2) is 0 Å². The van der Waals surface area contributed by atoms with Crippen molar-refractivity contribution in [3.63, 3.8) is 0 Å². The molecule has 2 atom stereocenters. The van der Waals surface area contributed by atoms with E-state index in [1.165, 1.54) is 11.6 Å². The van der Waals surface area contributed by atoms with E-state index in [9.17, 15) is 4.39 Å². The fraction of sp³-hybridized carbons (Fsp3) is 0.263. The predicted molar refractivity (Wildman–Crippen MR) is 176 cm³/mol. The summed E-state index contributed by atoms with van der Waals surface area (Å²) >= 11 is 0. The van der Waals surface area contributed by atoms with Crippen molar-refractivity contribution in [3.05, 3.63) is 119 Å². The van der Waals surface area contributed by atoms with Gasteiger partial charge < -0.3 is 4.74 Å². The average molecular weight is 603 g/mol. The van der Waals surface area contributed by atoms with Gasteiger partial charge in [-0.25, -0.2) is 18.4 Å². The minimum Gasteiger partial charge on any atom is -0.457 e. The molecule has 0 saturated heterocycles. The third-order valence-electron chi connectivity index (χ3n) is 8.90. The van der Waals surface area contributed by atoms with E-state index in [0.717, 1.165) is 39.0 Å². The Labute approximate surface area is 261 Å². The minimum atomic E-state index is -1.26. The van der Waals surface area contributed by atoms with Crippen LogP contribution in [0.2, 0.25) is 0 Å². The summed E-state index contributed by atoms with van der Waals surface area (Å²) in [6.07, 6.45) is 3.45. The molecule has 0 bridgehead atoms. The van der Waals surface area contributed by atoms with Crippen LogP contribution >= 0.6 is 0 Å². The zero-order chi connectivity index (χ0) is 31.2. The summed E-state index contributed by atoms with van der Waals surface area (Å²) in [6, 6.07) is 26.4. The Balaban J connectivity index is 1.28. The molecule has 0 spiro atoms. The largest absolute Gasteiger partial charge is 0.457 e. The number of aryl methyl sites for hydroxylation is 1. The summed E-state index contributed by atoms with van der Waals surface area (Å²) in [6.45, 7) is 8.19. The highest BCUT2D eigenvalue weighted by Crippen LogP contribution is 2.41. The molecule has 0 amide bonds. The molecule has 7 rings (SSSR count). The number of para-hydroxylation sites is 1. The number of pyridine rings is 1. The Bertz CT molecular complexity index is 2070. The van der Waals surface area contributed by atoms with Crippen molar-refractivity contribution in [1.29, 1.82) is 0 Å². The van der Waals surface area contributed by atoms with Crippen LogP contribution in [-0.4, -0.2) is 25.5 Å². The number of benzene rings is 3. The molecule has 0 fully saturated rings. The fourth-order valence-corrected chi connectivity index (χ4v) is 6.70. The Morgan fingerprint density at radius 3 is 2.53 bits per heavy atom. The molecule has 228 valence electrons. The third kappa shape index (κ3) is 5.10. The van der Waals surface area contributed by atoms with E-state index >= 15 is 4.39 Å². The molecule has 0 saturated carbocycles. The quantitative estimate of drug-likeness (QED) is 0.183. The Hall–Kier alpha value is -4.78. The van der Waals surface area contributed by atoms with E-state index in [2.05, 4.69) is 60.9 Å². The number of alkyl halides is 1. The topological polar surface area (TPSA) is 44.9 Å². The molecule has 1 unspecified atom stereocenters. The van der Waals surface area contributed by atoms with Crippen molar-refractivity contribution in [3.8, 4) is 23.0 Å². The van der Waals surface area contributed by atoms with Crippen LogP contribution in [0.25, 0.3) is 33.3 Å². The first-order chi connectivity index (χ1) is 21.8. The molecule has 7 heteroatoms. The third-order valence-corrected chi connectivity index (χ3v) is 8.90. The van der Waals surface area contributed by atoms with Crippen LogP contribution in [0.5, 0.6) is 11.5 Å². The maximum absolute atomic E-state index is 15.0. The summed E-state index contributed by atoms with van der Waals surface area (Å²) in [5.74, 6) is 1.26. The van der Waals surface area contributed by atoms with Crippen molar-refractivity contribution in [2.45, 2.75) is 65.0 Å². The van der Waals surface area contributed by atoms with Crippen LogP contribution < -0.4 is 4.74 Å². The molecule has 0 aliphatic heterocycles. The molecule has 6 aromatic rings. The Morgan fingerprint density at radius 2 is 1.73 bits per heavy atom. The molecule has 3 aromatic carbocycles. The van der Waals surface area contributed by atoms with E-state index in [0.29, 0.717) is 47.9 Å². The van der Waals surface area contributed by atoms with Gasteiger partial charge in [-0.15, -0.1) is 0 Å².